The van der Waals surface area contributed by atoms with E-state index in [1.807, 2.05) is 0 Å². The number of phenolic OH excluding ortho intramolecular Hbond substituents is 1. The Morgan fingerprint density at radius 1 is 1.26 bits per heavy atom. The summed E-state index contributed by atoms with van der Waals surface area (Å²) in [7, 11) is -9.87. The summed E-state index contributed by atoms with van der Waals surface area (Å²) in [6, 6.07) is 2.88. The summed E-state index contributed by atoms with van der Waals surface area (Å²) < 4.78 is 27.4. The molecule has 0 saturated carbocycles. The number of carbonyl (C=O) groups excluding carboxylic acids is 1. The number of carbonyl (C=O) groups is 1. The molecule has 13 heteroatoms. The van der Waals surface area contributed by atoms with Gasteiger partial charge >= 0.3 is 15.2 Å². The second-order valence-electron chi connectivity index (χ2n) is 5.67. The van der Waals surface area contributed by atoms with Crippen LogP contribution >= 0.6 is 15.2 Å². The van der Waals surface area contributed by atoms with Gasteiger partial charge in [0.05, 0.1) is 13.2 Å². The maximum atomic E-state index is 12.0. The topological polar surface area (TPSA) is 208 Å². The molecule has 0 fully saturated rings. The molecule has 0 aliphatic rings. The minimum absolute atomic E-state index is 0.105. The Morgan fingerprint density at radius 3 is 2.30 bits per heavy atom. The molecule has 1 unspecified atom stereocenters. The lowest BCUT2D eigenvalue weighted by Crippen LogP contribution is -2.35. The zero-order chi connectivity index (χ0) is 21.0. The molecule has 0 aliphatic heterocycles. The normalized spacial score (nSPS) is 14.3. The van der Waals surface area contributed by atoms with E-state index in [4.69, 9.17) is 30.0 Å². The van der Waals surface area contributed by atoms with E-state index >= 15 is 0 Å². The van der Waals surface area contributed by atoms with Gasteiger partial charge in [0.2, 0.25) is 0 Å². The lowest BCUT2D eigenvalue weighted by molar-refractivity contribution is -0.116. The second-order valence-corrected chi connectivity index (χ2v) is 9.68. The molecule has 11 nitrogen and oxygen atoms in total. The van der Waals surface area contributed by atoms with Crippen molar-refractivity contribution in [2.45, 2.75) is 24.0 Å². The molecule has 1 aromatic rings. The summed E-state index contributed by atoms with van der Waals surface area (Å²) >= 11 is 0. The van der Waals surface area contributed by atoms with Crippen LogP contribution in [0.1, 0.15) is 18.4 Å². The zero-order valence-electron chi connectivity index (χ0n) is 14.2. The zero-order valence-corrected chi connectivity index (χ0v) is 16.0. The summed E-state index contributed by atoms with van der Waals surface area (Å²) in [5.74, 6) is -0.644. The van der Waals surface area contributed by atoms with Crippen LogP contribution in [-0.4, -0.2) is 53.8 Å². The summed E-state index contributed by atoms with van der Waals surface area (Å²) in [5.41, 5.74) is 6.05. The van der Waals surface area contributed by atoms with Crippen LogP contribution < -0.4 is 10.5 Å². The van der Waals surface area contributed by atoms with Crippen molar-refractivity contribution >= 4 is 27.1 Å². The summed E-state index contributed by atoms with van der Waals surface area (Å²) in [6.07, 6.45) is 0.705. The number of methoxy groups -OCH3 is 1. The maximum absolute atomic E-state index is 12.0. The minimum Gasteiger partial charge on any atom is -0.504 e. The van der Waals surface area contributed by atoms with Crippen molar-refractivity contribution in [1.82, 2.24) is 0 Å². The Morgan fingerprint density at radius 2 is 1.81 bits per heavy atom. The van der Waals surface area contributed by atoms with Gasteiger partial charge in [-0.05, 0) is 30.2 Å². The summed E-state index contributed by atoms with van der Waals surface area (Å²) in [4.78, 5) is 48.2. The number of hydrogen-bond acceptors (Lipinski definition) is 7. The Labute approximate surface area is 154 Å². The van der Waals surface area contributed by atoms with Gasteiger partial charge in [0.15, 0.2) is 17.3 Å². The van der Waals surface area contributed by atoms with Crippen molar-refractivity contribution in [2.75, 3.05) is 7.11 Å². The van der Waals surface area contributed by atoms with Gasteiger partial charge in [0, 0.05) is 6.42 Å². The van der Waals surface area contributed by atoms with Crippen molar-refractivity contribution < 1.29 is 48.4 Å². The fourth-order valence-electron chi connectivity index (χ4n) is 2.05. The summed E-state index contributed by atoms with van der Waals surface area (Å²) in [6.45, 7) is 0. The predicted molar refractivity (Wildman–Crippen MR) is 94.9 cm³/mol. The number of aliphatic hydroxyl groups is 1. The molecular formula is C14H21NO10P2. The molecule has 0 radical (unpaired) electrons. The van der Waals surface area contributed by atoms with Crippen LogP contribution in [0.25, 0.3) is 6.08 Å². The third-order valence-electron chi connectivity index (χ3n) is 3.73. The molecule has 152 valence electrons. The van der Waals surface area contributed by atoms with E-state index in [0.717, 1.165) is 6.08 Å². The third-order valence-corrected chi connectivity index (χ3v) is 7.61. The van der Waals surface area contributed by atoms with Crippen LogP contribution in [0.5, 0.6) is 11.5 Å². The highest BCUT2D eigenvalue weighted by Gasteiger charge is 2.58. The lowest BCUT2D eigenvalue weighted by atomic mass is 10.1. The number of phenols is 1. The van der Waals surface area contributed by atoms with Crippen molar-refractivity contribution in [2.24, 2.45) is 5.73 Å². The Balaban J connectivity index is 2.85. The van der Waals surface area contributed by atoms with Gasteiger partial charge in [0.25, 0.3) is 5.08 Å². The number of ether oxygens (including phenoxy) is 1. The maximum Gasteiger partial charge on any atom is 0.369 e. The average molecular weight is 425 g/mol. The number of hydrogen-bond donors (Lipinski definition) is 7. The van der Waals surface area contributed by atoms with Crippen LogP contribution in [-0.2, 0) is 13.9 Å². The van der Waals surface area contributed by atoms with E-state index in [9.17, 15) is 24.1 Å². The first-order valence-corrected chi connectivity index (χ1v) is 10.6. The Kier molecular flexibility index (Phi) is 7.52. The van der Waals surface area contributed by atoms with E-state index in [2.05, 4.69) is 0 Å². The van der Waals surface area contributed by atoms with E-state index in [1.54, 1.807) is 0 Å². The first-order valence-electron chi connectivity index (χ1n) is 7.41. The van der Waals surface area contributed by atoms with Crippen LogP contribution in [0.3, 0.4) is 0 Å². The highest BCUT2D eigenvalue weighted by Crippen LogP contribution is 2.69. The van der Waals surface area contributed by atoms with E-state index in [1.165, 1.54) is 31.4 Å². The monoisotopic (exact) mass is 425 g/mol. The smallest absolute Gasteiger partial charge is 0.369 e. The molecule has 0 aliphatic carbocycles. The van der Waals surface area contributed by atoms with Gasteiger partial charge in [0.1, 0.15) is 0 Å². The third kappa shape index (κ3) is 5.71. The van der Waals surface area contributed by atoms with Gasteiger partial charge in [-0.1, -0.05) is 12.1 Å². The molecule has 0 aromatic heterocycles. The number of benzene rings is 1. The largest absolute Gasteiger partial charge is 0.504 e. The summed E-state index contributed by atoms with van der Waals surface area (Å²) in [5, 5.41) is 15.6. The van der Waals surface area contributed by atoms with Crippen LogP contribution in [0.2, 0.25) is 0 Å². The molecule has 1 atom stereocenters. The van der Waals surface area contributed by atoms with Gasteiger partial charge in [-0.25, -0.2) is 0 Å². The molecule has 8 N–H and O–H groups in total. The standard InChI is InChI=1S/C14H21NO10P2/c1-25-13-8-9(3-5-12(13)17)2-4-11(16)10(15)6-7-14(18,26(19,20)21)27(22,23)24/h2-5,8,10,17-18H,6-7,15H2,1H3,(H2,19,20,21)(H2,22,23,24). The van der Waals surface area contributed by atoms with Crippen LogP contribution in [0.4, 0.5) is 0 Å². The fourth-order valence-corrected chi connectivity index (χ4v) is 4.25. The number of ketones is 1. The first kappa shape index (κ1) is 23.5. The Bertz CT molecular complexity index is 790. The number of aromatic hydroxyl groups is 1. The van der Waals surface area contributed by atoms with Crippen LogP contribution in [0.15, 0.2) is 24.3 Å². The average Bonchev–Trinajstić information content (AvgIpc) is 2.56. The molecule has 1 rings (SSSR count). The van der Waals surface area contributed by atoms with Gasteiger partial charge in [-0.3, -0.25) is 13.9 Å². The molecule has 0 saturated heterocycles. The predicted octanol–water partition coefficient (Wildman–Crippen LogP) is 0.0921. The highest BCUT2D eigenvalue weighted by atomic mass is 31.2. The van der Waals surface area contributed by atoms with E-state index in [0.29, 0.717) is 5.56 Å². The molecule has 0 heterocycles. The van der Waals surface area contributed by atoms with Crippen LogP contribution in [0, 0.1) is 0 Å². The minimum atomic E-state index is -5.60. The van der Waals surface area contributed by atoms with E-state index in [-0.39, 0.29) is 11.5 Å². The highest BCUT2D eigenvalue weighted by molar-refractivity contribution is 7.72. The lowest BCUT2D eigenvalue weighted by Gasteiger charge is -2.29. The van der Waals surface area contributed by atoms with Gasteiger partial charge < -0.3 is 40.3 Å². The molecule has 27 heavy (non-hydrogen) atoms. The van der Waals surface area contributed by atoms with Gasteiger partial charge in [-0.15, -0.1) is 0 Å². The fraction of sp³-hybridized carbons (Fsp3) is 0.357. The van der Waals surface area contributed by atoms with Crippen molar-refractivity contribution in [3.05, 3.63) is 29.8 Å². The number of rotatable bonds is 9. The quantitative estimate of drug-likeness (QED) is 0.208. The molecule has 0 bridgehead atoms. The van der Waals surface area contributed by atoms with E-state index < -0.39 is 44.9 Å². The number of nitrogens with two attached hydrogens (primary N) is 1. The molecule has 1 aromatic carbocycles. The molecular weight excluding hydrogens is 404 g/mol. The second kappa shape index (κ2) is 8.64. The van der Waals surface area contributed by atoms with Crippen molar-refractivity contribution in [3.63, 3.8) is 0 Å². The van der Waals surface area contributed by atoms with Crippen molar-refractivity contribution in [1.29, 1.82) is 0 Å². The molecule has 0 amide bonds. The van der Waals surface area contributed by atoms with Gasteiger partial charge in [-0.2, -0.15) is 0 Å². The van der Waals surface area contributed by atoms with Crippen molar-refractivity contribution in [3.8, 4) is 11.5 Å². The Hall–Kier alpha value is -1.55. The first-order chi connectivity index (χ1) is 12.2. The molecule has 0 spiro atoms. The SMILES string of the molecule is COc1cc(C=CC(=O)C(N)CCC(O)(P(=O)(O)O)P(=O)(O)O)ccc1O.